The van der Waals surface area contributed by atoms with Gasteiger partial charge in [0.2, 0.25) is 5.78 Å². The van der Waals surface area contributed by atoms with E-state index in [2.05, 4.69) is 5.32 Å². The summed E-state index contributed by atoms with van der Waals surface area (Å²) in [7, 11) is 0. The van der Waals surface area contributed by atoms with Crippen molar-refractivity contribution in [2.75, 3.05) is 13.2 Å². The van der Waals surface area contributed by atoms with Gasteiger partial charge in [0.15, 0.2) is 6.61 Å². The van der Waals surface area contributed by atoms with E-state index < -0.39 is 5.97 Å². The summed E-state index contributed by atoms with van der Waals surface area (Å²) in [5.74, 6) is -0.901. The molecule has 0 aliphatic carbocycles. The van der Waals surface area contributed by atoms with Crippen LogP contribution in [0, 0.1) is 13.8 Å². The van der Waals surface area contributed by atoms with Crippen molar-refractivity contribution in [3.05, 3.63) is 57.9 Å². The van der Waals surface area contributed by atoms with Crippen LogP contribution in [0.15, 0.2) is 30.3 Å². The molecular formula is C21H25ClN2O4. The normalized spacial score (nSPS) is 10.6. The van der Waals surface area contributed by atoms with Crippen molar-refractivity contribution >= 4 is 29.3 Å². The Kier molecular flexibility index (Phi) is 7.81. The van der Waals surface area contributed by atoms with E-state index in [4.69, 9.17) is 16.3 Å². The lowest BCUT2D eigenvalue weighted by atomic mass is 10.1. The first-order valence-corrected chi connectivity index (χ1v) is 9.60. The fourth-order valence-corrected chi connectivity index (χ4v) is 3.13. The molecule has 0 saturated heterocycles. The number of nitrogens with one attached hydrogen (secondary N) is 1. The van der Waals surface area contributed by atoms with E-state index in [9.17, 15) is 14.4 Å². The quantitative estimate of drug-likeness (QED) is 0.392. The predicted molar refractivity (Wildman–Crippen MR) is 108 cm³/mol. The zero-order valence-electron chi connectivity index (χ0n) is 16.4. The fraction of sp³-hybridized carbons (Fsp3) is 0.381. The number of ketones is 1. The maximum Gasteiger partial charge on any atom is 0.306 e. The van der Waals surface area contributed by atoms with E-state index in [1.54, 1.807) is 24.3 Å². The third-order valence-corrected chi connectivity index (χ3v) is 4.76. The van der Waals surface area contributed by atoms with Crippen molar-refractivity contribution in [1.29, 1.82) is 0 Å². The van der Waals surface area contributed by atoms with Crippen LogP contribution in [0.1, 0.15) is 51.9 Å². The molecule has 7 heteroatoms. The largest absolute Gasteiger partial charge is 0.457 e. The van der Waals surface area contributed by atoms with Crippen LogP contribution in [0.5, 0.6) is 0 Å². The van der Waals surface area contributed by atoms with E-state index >= 15 is 0 Å². The number of Topliss-reactive ketones (excluding diaryl/α,β-unsaturated/α-hetero) is 1. The number of aromatic nitrogens is 1. The number of aryl methyl sites for hydroxylation is 1. The average Bonchev–Trinajstić information content (AvgIpc) is 2.97. The van der Waals surface area contributed by atoms with Gasteiger partial charge in [0.1, 0.15) is 0 Å². The molecule has 1 aromatic heterocycles. The Morgan fingerprint density at radius 2 is 1.82 bits per heavy atom. The molecule has 1 heterocycles. The highest BCUT2D eigenvalue weighted by Crippen LogP contribution is 2.16. The van der Waals surface area contributed by atoms with Crippen molar-refractivity contribution in [2.24, 2.45) is 0 Å². The monoisotopic (exact) mass is 404 g/mol. The second-order valence-electron chi connectivity index (χ2n) is 6.48. The van der Waals surface area contributed by atoms with Gasteiger partial charge in [0, 0.05) is 47.0 Å². The van der Waals surface area contributed by atoms with Crippen LogP contribution in [0.25, 0.3) is 0 Å². The van der Waals surface area contributed by atoms with Crippen molar-refractivity contribution in [1.82, 2.24) is 9.88 Å². The topological polar surface area (TPSA) is 77.4 Å². The SMILES string of the molecule is CCn1c(C)cc(C(=O)COC(=O)CCCNC(=O)c2ccc(Cl)cc2)c1C. The Bertz CT molecular complexity index is 856. The molecule has 0 aliphatic rings. The standard InChI is InChI=1S/C21H25ClN2O4/c1-4-24-14(2)12-18(15(24)3)19(25)13-28-20(26)6-5-11-23-21(27)16-7-9-17(22)10-8-16/h7-10,12H,4-6,11,13H2,1-3H3,(H,23,27). The number of benzene rings is 1. The Balaban J connectivity index is 1.70. The Hall–Kier alpha value is -2.60. The summed E-state index contributed by atoms with van der Waals surface area (Å²) in [5, 5.41) is 3.29. The first-order valence-electron chi connectivity index (χ1n) is 9.22. The van der Waals surface area contributed by atoms with Gasteiger partial charge in [0.25, 0.3) is 5.91 Å². The summed E-state index contributed by atoms with van der Waals surface area (Å²) in [6, 6.07) is 8.37. The molecule has 0 aliphatic heterocycles. The molecule has 0 spiro atoms. The zero-order valence-corrected chi connectivity index (χ0v) is 17.1. The smallest absolute Gasteiger partial charge is 0.306 e. The lowest BCUT2D eigenvalue weighted by Crippen LogP contribution is -2.25. The third kappa shape index (κ3) is 5.70. The minimum Gasteiger partial charge on any atom is -0.457 e. The number of hydrogen-bond acceptors (Lipinski definition) is 4. The minimum absolute atomic E-state index is 0.127. The van der Waals surface area contributed by atoms with Crippen LogP contribution in [0.3, 0.4) is 0 Å². The molecule has 0 radical (unpaired) electrons. The van der Waals surface area contributed by atoms with Gasteiger partial charge < -0.3 is 14.6 Å². The molecule has 0 fully saturated rings. The molecule has 2 rings (SSSR count). The molecule has 1 N–H and O–H groups in total. The molecule has 1 amide bonds. The van der Waals surface area contributed by atoms with E-state index in [0.717, 1.165) is 17.9 Å². The van der Waals surface area contributed by atoms with Gasteiger partial charge in [-0.15, -0.1) is 0 Å². The number of hydrogen-bond donors (Lipinski definition) is 1. The molecule has 0 atom stereocenters. The molecule has 150 valence electrons. The van der Waals surface area contributed by atoms with Crippen LogP contribution in [-0.4, -0.2) is 35.4 Å². The molecule has 0 saturated carbocycles. The molecule has 0 bridgehead atoms. The van der Waals surface area contributed by atoms with Gasteiger partial charge in [0.05, 0.1) is 0 Å². The van der Waals surface area contributed by atoms with Gasteiger partial charge in [-0.3, -0.25) is 14.4 Å². The summed E-state index contributed by atoms with van der Waals surface area (Å²) in [5.41, 5.74) is 2.97. The van der Waals surface area contributed by atoms with Gasteiger partial charge in [-0.05, 0) is 57.5 Å². The lowest BCUT2D eigenvalue weighted by Gasteiger charge is -2.07. The van der Waals surface area contributed by atoms with Crippen LogP contribution >= 0.6 is 11.6 Å². The average molecular weight is 405 g/mol. The molecular weight excluding hydrogens is 380 g/mol. The highest BCUT2D eigenvalue weighted by molar-refractivity contribution is 6.30. The van der Waals surface area contributed by atoms with Crippen LogP contribution < -0.4 is 5.32 Å². The number of halogens is 1. The zero-order chi connectivity index (χ0) is 20.7. The second kappa shape index (κ2) is 10.1. The number of nitrogens with zero attached hydrogens (tertiary/aromatic N) is 1. The number of rotatable bonds is 9. The summed E-state index contributed by atoms with van der Waals surface area (Å²) < 4.78 is 7.12. The number of carbonyl (C=O) groups excluding carboxylic acids is 3. The minimum atomic E-state index is -0.460. The van der Waals surface area contributed by atoms with Crippen LogP contribution in [0.2, 0.25) is 5.02 Å². The van der Waals surface area contributed by atoms with Gasteiger partial charge in [-0.1, -0.05) is 11.6 Å². The molecule has 28 heavy (non-hydrogen) atoms. The number of esters is 1. The molecule has 1 aromatic carbocycles. The number of ether oxygens (including phenoxy) is 1. The van der Waals surface area contributed by atoms with Gasteiger partial charge in [-0.2, -0.15) is 0 Å². The number of carbonyl (C=O) groups is 3. The molecule has 6 nitrogen and oxygen atoms in total. The maximum atomic E-state index is 12.3. The second-order valence-corrected chi connectivity index (χ2v) is 6.92. The first kappa shape index (κ1) is 21.7. The fourth-order valence-electron chi connectivity index (χ4n) is 3.00. The van der Waals surface area contributed by atoms with Crippen molar-refractivity contribution in [3.63, 3.8) is 0 Å². The highest BCUT2D eigenvalue weighted by atomic mass is 35.5. The summed E-state index contributed by atoms with van der Waals surface area (Å²) >= 11 is 5.79. The van der Waals surface area contributed by atoms with Crippen LogP contribution in [0.4, 0.5) is 0 Å². The van der Waals surface area contributed by atoms with E-state index in [1.165, 1.54) is 0 Å². The highest BCUT2D eigenvalue weighted by Gasteiger charge is 2.16. The van der Waals surface area contributed by atoms with Gasteiger partial charge in [-0.25, -0.2) is 0 Å². The summed E-state index contributed by atoms with van der Waals surface area (Å²) in [6.45, 7) is 6.69. The summed E-state index contributed by atoms with van der Waals surface area (Å²) in [4.78, 5) is 36.1. The van der Waals surface area contributed by atoms with Crippen LogP contribution in [-0.2, 0) is 16.1 Å². The predicted octanol–water partition coefficient (Wildman–Crippen LogP) is 3.71. The summed E-state index contributed by atoms with van der Waals surface area (Å²) in [6.07, 6.45) is 0.554. The maximum absolute atomic E-state index is 12.3. The van der Waals surface area contributed by atoms with E-state index in [1.807, 2.05) is 31.4 Å². The molecule has 2 aromatic rings. The van der Waals surface area contributed by atoms with Crippen molar-refractivity contribution in [2.45, 2.75) is 40.2 Å². The Morgan fingerprint density at radius 3 is 2.43 bits per heavy atom. The number of amides is 1. The molecule has 0 unspecified atom stereocenters. The first-order chi connectivity index (χ1) is 13.3. The lowest BCUT2D eigenvalue weighted by molar-refractivity contribution is -0.142. The van der Waals surface area contributed by atoms with E-state index in [0.29, 0.717) is 29.1 Å². The van der Waals surface area contributed by atoms with Crippen molar-refractivity contribution < 1.29 is 19.1 Å². The van der Waals surface area contributed by atoms with Crippen molar-refractivity contribution in [3.8, 4) is 0 Å². The van der Waals surface area contributed by atoms with Gasteiger partial charge >= 0.3 is 5.97 Å². The Morgan fingerprint density at radius 1 is 1.14 bits per heavy atom. The third-order valence-electron chi connectivity index (χ3n) is 4.50. The Labute approximate surface area is 169 Å². The van der Waals surface area contributed by atoms with E-state index in [-0.39, 0.29) is 24.7 Å².